The van der Waals surface area contributed by atoms with Crippen molar-refractivity contribution < 1.29 is 18.9 Å². The second-order valence-corrected chi connectivity index (χ2v) is 9.28. The van der Waals surface area contributed by atoms with Crippen LogP contribution in [0.2, 0.25) is 0 Å². The number of aryl methyl sites for hydroxylation is 2. The first-order valence-corrected chi connectivity index (χ1v) is 12.4. The molecular weight excluding hydrogens is 456 g/mol. The van der Waals surface area contributed by atoms with Gasteiger partial charge in [0, 0.05) is 30.6 Å². The minimum absolute atomic E-state index is 0.0567. The van der Waals surface area contributed by atoms with E-state index in [9.17, 15) is 14.4 Å². The smallest absolute Gasteiger partial charge is 0.248 e. The highest BCUT2D eigenvalue weighted by molar-refractivity contribution is 6.03. The Morgan fingerprint density at radius 1 is 1.00 bits per heavy atom. The predicted molar refractivity (Wildman–Crippen MR) is 137 cm³/mol. The molecule has 2 N–H and O–H groups in total. The van der Waals surface area contributed by atoms with Gasteiger partial charge in [0.25, 0.3) is 0 Å². The first-order chi connectivity index (χ1) is 17.4. The van der Waals surface area contributed by atoms with Gasteiger partial charge in [0.1, 0.15) is 11.8 Å². The van der Waals surface area contributed by atoms with Crippen LogP contribution in [0.1, 0.15) is 61.5 Å². The molecule has 0 unspecified atom stereocenters. The molecule has 4 rings (SSSR count). The van der Waals surface area contributed by atoms with Crippen LogP contribution in [-0.2, 0) is 14.4 Å². The van der Waals surface area contributed by atoms with Crippen molar-refractivity contribution >= 4 is 29.2 Å². The maximum absolute atomic E-state index is 13.7. The second-order valence-electron chi connectivity index (χ2n) is 9.28. The van der Waals surface area contributed by atoms with Gasteiger partial charge >= 0.3 is 0 Å². The van der Waals surface area contributed by atoms with Gasteiger partial charge in [-0.05, 0) is 49.9 Å². The van der Waals surface area contributed by atoms with Crippen LogP contribution in [-0.4, -0.2) is 28.9 Å². The fraction of sp³-hybridized carbons (Fsp3) is 0.357. The van der Waals surface area contributed by atoms with Crippen LogP contribution in [0.15, 0.2) is 65.2 Å². The molecule has 0 bridgehead atoms. The summed E-state index contributed by atoms with van der Waals surface area (Å²) >= 11 is 0. The van der Waals surface area contributed by atoms with E-state index in [1.165, 1.54) is 4.90 Å². The van der Waals surface area contributed by atoms with Gasteiger partial charge < -0.3 is 15.2 Å². The maximum atomic E-state index is 13.7. The van der Waals surface area contributed by atoms with Crippen molar-refractivity contribution in [2.45, 2.75) is 64.5 Å². The molecule has 8 nitrogen and oxygen atoms in total. The summed E-state index contributed by atoms with van der Waals surface area (Å²) in [7, 11) is 0. The maximum Gasteiger partial charge on any atom is 0.248 e. The Bertz CT molecular complexity index is 1200. The van der Waals surface area contributed by atoms with Gasteiger partial charge in [-0.1, -0.05) is 60.5 Å². The molecule has 0 saturated heterocycles. The fourth-order valence-corrected chi connectivity index (χ4v) is 4.59. The van der Waals surface area contributed by atoms with Gasteiger partial charge in [0.05, 0.1) is 0 Å². The van der Waals surface area contributed by atoms with Gasteiger partial charge in [0.2, 0.25) is 17.7 Å². The molecule has 3 aromatic rings. The van der Waals surface area contributed by atoms with E-state index in [1.54, 1.807) is 13.0 Å². The Morgan fingerprint density at radius 3 is 2.42 bits per heavy atom. The van der Waals surface area contributed by atoms with Crippen molar-refractivity contribution in [3.63, 3.8) is 0 Å². The van der Waals surface area contributed by atoms with Crippen molar-refractivity contribution in [3.05, 3.63) is 77.6 Å². The molecule has 1 fully saturated rings. The van der Waals surface area contributed by atoms with Crippen LogP contribution in [0.3, 0.4) is 0 Å². The molecule has 1 heterocycles. The lowest BCUT2D eigenvalue weighted by Gasteiger charge is -2.32. The monoisotopic (exact) mass is 488 g/mol. The SMILES string of the molecule is Cc1cccc(N(C(=O)CCC(=O)Nc2cc(C)on2)[C@@H](C(=O)NC2CCCC2)c2ccccc2)c1. The van der Waals surface area contributed by atoms with E-state index in [1.807, 2.05) is 61.5 Å². The summed E-state index contributed by atoms with van der Waals surface area (Å²) in [6, 6.07) is 17.7. The molecule has 3 amide bonds. The third-order valence-corrected chi connectivity index (χ3v) is 6.33. The number of amides is 3. The number of aromatic nitrogens is 1. The van der Waals surface area contributed by atoms with Crippen LogP contribution in [0.5, 0.6) is 0 Å². The van der Waals surface area contributed by atoms with Gasteiger partial charge in [0.15, 0.2) is 5.82 Å². The minimum Gasteiger partial charge on any atom is -0.360 e. The summed E-state index contributed by atoms with van der Waals surface area (Å²) in [5, 5.41) is 9.57. The van der Waals surface area contributed by atoms with Crippen molar-refractivity contribution in [3.8, 4) is 0 Å². The molecule has 8 heteroatoms. The Balaban J connectivity index is 1.60. The predicted octanol–water partition coefficient (Wildman–Crippen LogP) is 4.84. The molecule has 1 aliphatic rings. The third-order valence-electron chi connectivity index (χ3n) is 6.33. The molecule has 0 spiro atoms. The standard InChI is InChI=1S/C28H32N4O4/c1-19-9-8-14-23(17-19)32(26(34)16-15-25(33)30-24-18-20(2)36-31-24)27(21-10-4-3-5-11-21)28(35)29-22-12-6-7-13-22/h3-5,8-11,14,17-18,22,27H,6-7,12-13,15-16H2,1-2H3,(H,29,35)(H,30,31,33)/t27-/m1/s1. The van der Waals surface area contributed by atoms with E-state index in [-0.39, 0.29) is 36.6 Å². The van der Waals surface area contributed by atoms with Gasteiger partial charge in [-0.15, -0.1) is 0 Å². The molecule has 188 valence electrons. The Morgan fingerprint density at radius 2 is 1.75 bits per heavy atom. The van der Waals surface area contributed by atoms with Gasteiger partial charge in [-0.2, -0.15) is 0 Å². The Hall–Kier alpha value is -3.94. The summed E-state index contributed by atoms with van der Waals surface area (Å²) in [5.74, 6) is -0.00920. The van der Waals surface area contributed by atoms with Crippen LogP contribution < -0.4 is 15.5 Å². The topological polar surface area (TPSA) is 105 Å². The van der Waals surface area contributed by atoms with Crippen molar-refractivity contribution in [2.24, 2.45) is 0 Å². The number of hydrogen-bond donors (Lipinski definition) is 2. The average Bonchev–Trinajstić information content (AvgIpc) is 3.52. The molecule has 0 aliphatic heterocycles. The molecule has 1 aliphatic carbocycles. The summed E-state index contributed by atoms with van der Waals surface area (Å²) in [4.78, 5) is 41.4. The molecular formula is C28H32N4O4. The first-order valence-electron chi connectivity index (χ1n) is 12.4. The molecule has 2 aromatic carbocycles. The van der Waals surface area contributed by atoms with E-state index >= 15 is 0 Å². The van der Waals surface area contributed by atoms with Crippen LogP contribution in [0.25, 0.3) is 0 Å². The van der Waals surface area contributed by atoms with Crippen LogP contribution >= 0.6 is 0 Å². The molecule has 1 atom stereocenters. The summed E-state index contributed by atoms with van der Waals surface area (Å²) in [5.41, 5.74) is 2.29. The van der Waals surface area contributed by atoms with Crippen LogP contribution in [0.4, 0.5) is 11.5 Å². The lowest BCUT2D eigenvalue weighted by atomic mass is 10.0. The minimum atomic E-state index is -0.859. The molecule has 36 heavy (non-hydrogen) atoms. The highest BCUT2D eigenvalue weighted by Gasteiger charge is 2.34. The Kier molecular flexibility index (Phi) is 8.15. The zero-order chi connectivity index (χ0) is 25.5. The number of anilines is 2. The summed E-state index contributed by atoms with van der Waals surface area (Å²) in [6.45, 7) is 3.67. The largest absolute Gasteiger partial charge is 0.360 e. The Labute approximate surface area is 211 Å². The zero-order valence-corrected chi connectivity index (χ0v) is 20.7. The van der Waals surface area contributed by atoms with E-state index in [2.05, 4.69) is 15.8 Å². The van der Waals surface area contributed by atoms with Crippen molar-refractivity contribution in [1.29, 1.82) is 0 Å². The van der Waals surface area contributed by atoms with Crippen LogP contribution in [0, 0.1) is 13.8 Å². The fourth-order valence-electron chi connectivity index (χ4n) is 4.59. The van der Waals surface area contributed by atoms with Gasteiger partial charge in [-0.3, -0.25) is 19.3 Å². The number of nitrogens with zero attached hydrogens (tertiary/aromatic N) is 2. The number of hydrogen-bond acceptors (Lipinski definition) is 5. The molecule has 1 aromatic heterocycles. The number of nitrogens with one attached hydrogen (secondary N) is 2. The van der Waals surface area contributed by atoms with E-state index in [0.717, 1.165) is 31.2 Å². The number of carbonyl (C=O) groups excluding carboxylic acids is 3. The second kappa shape index (κ2) is 11.7. The van der Waals surface area contributed by atoms with E-state index in [4.69, 9.17) is 4.52 Å². The summed E-state index contributed by atoms with van der Waals surface area (Å²) in [6.07, 6.45) is 3.92. The average molecular weight is 489 g/mol. The third kappa shape index (κ3) is 6.38. The lowest BCUT2D eigenvalue weighted by molar-refractivity contribution is -0.127. The first kappa shape index (κ1) is 25.2. The highest BCUT2D eigenvalue weighted by Crippen LogP contribution is 2.30. The van der Waals surface area contributed by atoms with E-state index < -0.39 is 6.04 Å². The van der Waals surface area contributed by atoms with Crippen molar-refractivity contribution in [1.82, 2.24) is 10.5 Å². The summed E-state index contributed by atoms with van der Waals surface area (Å²) < 4.78 is 4.98. The van der Waals surface area contributed by atoms with Gasteiger partial charge in [-0.25, -0.2) is 0 Å². The highest BCUT2D eigenvalue weighted by atomic mass is 16.5. The molecule has 1 saturated carbocycles. The zero-order valence-electron chi connectivity index (χ0n) is 20.7. The quantitative estimate of drug-likeness (QED) is 0.448. The number of carbonyl (C=O) groups is 3. The number of rotatable bonds is 9. The molecule has 0 radical (unpaired) electrons. The lowest BCUT2D eigenvalue weighted by Crippen LogP contribution is -2.46. The normalized spacial score (nSPS) is 14.3. The van der Waals surface area contributed by atoms with E-state index in [0.29, 0.717) is 22.8 Å². The van der Waals surface area contributed by atoms with Crippen molar-refractivity contribution in [2.75, 3.05) is 10.2 Å². The number of benzene rings is 2.